The van der Waals surface area contributed by atoms with Crippen LogP contribution in [0.15, 0.2) is 12.1 Å². The van der Waals surface area contributed by atoms with Crippen LogP contribution < -0.4 is 10.9 Å². The van der Waals surface area contributed by atoms with E-state index < -0.39 is 6.04 Å². The molecule has 1 unspecified atom stereocenters. The number of hydrogen-bond acceptors (Lipinski definition) is 4. The van der Waals surface area contributed by atoms with Gasteiger partial charge in [-0.15, -0.1) is 11.3 Å². The fourth-order valence-electron chi connectivity index (χ4n) is 2.24. The maximum Gasteiger partial charge on any atom is 0.279 e. The minimum Gasteiger partial charge on any atom is -0.331 e. The molecule has 1 aromatic rings. The lowest BCUT2D eigenvalue weighted by molar-refractivity contribution is -0.137. The molecular weight excluding hydrogens is 278 g/mol. The molecule has 1 fully saturated rings. The van der Waals surface area contributed by atoms with Gasteiger partial charge in [-0.3, -0.25) is 25.2 Å². The largest absolute Gasteiger partial charge is 0.331 e. The molecule has 1 atom stereocenters. The van der Waals surface area contributed by atoms with Crippen LogP contribution >= 0.6 is 11.3 Å². The van der Waals surface area contributed by atoms with Crippen molar-refractivity contribution in [2.24, 2.45) is 0 Å². The Morgan fingerprint density at radius 3 is 2.65 bits per heavy atom. The van der Waals surface area contributed by atoms with Gasteiger partial charge >= 0.3 is 0 Å². The minimum absolute atomic E-state index is 0.122. The van der Waals surface area contributed by atoms with E-state index in [0.717, 1.165) is 11.3 Å². The summed E-state index contributed by atoms with van der Waals surface area (Å²) < 4.78 is 0. The highest BCUT2D eigenvalue weighted by Crippen LogP contribution is 2.17. The zero-order valence-electron chi connectivity index (χ0n) is 11.4. The van der Waals surface area contributed by atoms with Crippen LogP contribution in [0.25, 0.3) is 0 Å². The van der Waals surface area contributed by atoms with Crippen molar-refractivity contribution in [2.45, 2.75) is 32.7 Å². The Morgan fingerprint density at radius 1 is 1.30 bits per heavy atom. The Kier molecular flexibility index (Phi) is 4.39. The summed E-state index contributed by atoms with van der Waals surface area (Å²) in [7, 11) is 0. The topological polar surface area (TPSA) is 78.5 Å². The summed E-state index contributed by atoms with van der Waals surface area (Å²) in [6.07, 6.45) is 1.43. The molecule has 1 aliphatic rings. The number of hydrazine groups is 1. The van der Waals surface area contributed by atoms with Gasteiger partial charge in [0, 0.05) is 18.3 Å². The van der Waals surface area contributed by atoms with Crippen LogP contribution in [-0.4, -0.2) is 35.2 Å². The summed E-state index contributed by atoms with van der Waals surface area (Å²) in [6, 6.07) is 3.06. The number of nitrogens with zero attached hydrogens (tertiary/aromatic N) is 1. The number of thiophene rings is 1. The summed E-state index contributed by atoms with van der Waals surface area (Å²) in [5, 5.41) is 0. The molecule has 0 spiro atoms. The number of nitrogens with one attached hydrogen (secondary N) is 2. The Morgan fingerprint density at radius 2 is 2.05 bits per heavy atom. The van der Waals surface area contributed by atoms with Crippen LogP contribution in [0.5, 0.6) is 0 Å². The molecule has 7 heteroatoms. The second-order valence-corrected chi connectivity index (χ2v) is 6.01. The lowest BCUT2D eigenvalue weighted by Crippen LogP contribution is -2.51. The molecule has 1 saturated heterocycles. The van der Waals surface area contributed by atoms with Gasteiger partial charge in [-0.1, -0.05) is 0 Å². The Labute approximate surface area is 121 Å². The third-order valence-electron chi connectivity index (χ3n) is 3.22. The number of carbonyl (C=O) groups is 3. The van der Waals surface area contributed by atoms with E-state index in [1.165, 1.54) is 23.2 Å². The quantitative estimate of drug-likeness (QED) is 0.793. The number of rotatable bonds is 2. The van der Waals surface area contributed by atoms with Crippen molar-refractivity contribution in [1.82, 2.24) is 15.8 Å². The highest BCUT2D eigenvalue weighted by Gasteiger charge is 2.32. The highest BCUT2D eigenvalue weighted by molar-refractivity contribution is 7.13. The molecule has 20 heavy (non-hydrogen) atoms. The summed E-state index contributed by atoms with van der Waals surface area (Å²) in [6.45, 7) is 3.94. The molecule has 1 aliphatic heterocycles. The molecule has 6 nitrogen and oxygen atoms in total. The number of likely N-dealkylation sites (tertiary alicyclic amines) is 1. The van der Waals surface area contributed by atoms with Gasteiger partial charge in [0.05, 0.1) is 4.88 Å². The molecular formula is C13H17N3O3S. The van der Waals surface area contributed by atoms with Crippen molar-refractivity contribution in [2.75, 3.05) is 6.54 Å². The maximum absolute atomic E-state index is 12.0. The third kappa shape index (κ3) is 3.16. The lowest BCUT2D eigenvalue weighted by Gasteiger charge is -2.22. The monoisotopic (exact) mass is 295 g/mol. The first-order chi connectivity index (χ1) is 9.49. The van der Waals surface area contributed by atoms with Gasteiger partial charge in [-0.25, -0.2) is 0 Å². The fraction of sp³-hybridized carbons (Fsp3) is 0.462. The molecule has 0 saturated carbocycles. The van der Waals surface area contributed by atoms with E-state index in [4.69, 9.17) is 0 Å². The van der Waals surface area contributed by atoms with Crippen molar-refractivity contribution in [3.05, 3.63) is 21.9 Å². The normalized spacial score (nSPS) is 17.9. The van der Waals surface area contributed by atoms with Crippen LogP contribution in [0.4, 0.5) is 0 Å². The van der Waals surface area contributed by atoms with Crippen LogP contribution in [0.2, 0.25) is 0 Å². The van der Waals surface area contributed by atoms with Crippen molar-refractivity contribution < 1.29 is 14.4 Å². The van der Waals surface area contributed by atoms with Crippen LogP contribution in [-0.2, 0) is 9.59 Å². The first kappa shape index (κ1) is 14.5. The Hall–Kier alpha value is -1.89. The smallest absolute Gasteiger partial charge is 0.279 e. The molecule has 0 radical (unpaired) electrons. The standard InChI is InChI=1S/C13H17N3O3S/c1-8-5-6-11(20-8)13(19)15-14-12(18)10-4-3-7-16(10)9(2)17/h5-6,10H,3-4,7H2,1-2H3,(H,14,18)(H,15,19). The lowest BCUT2D eigenvalue weighted by atomic mass is 10.2. The predicted molar refractivity (Wildman–Crippen MR) is 75.1 cm³/mol. The van der Waals surface area contributed by atoms with Crippen LogP contribution in [0.3, 0.4) is 0 Å². The highest BCUT2D eigenvalue weighted by atomic mass is 32.1. The first-order valence-corrected chi connectivity index (χ1v) is 7.24. The Balaban J connectivity index is 1.89. The number of hydrogen-bond donors (Lipinski definition) is 2. The van der Waals surface area contributed by atoms with E-state index in [-0.39, 0.29) is 17.7 Å². The molecule has 0 bridgehead atoms. The predicted octanol–water partition coefficient (Wildman–Crippen LogP) is 0.828. The van der Waals surface area contributed by atoms with Gasteiger partial charge in [-0.2, -0.15) is 0 Å². The van der Waals surface area contributed by atoms with Crippen molar-refractivity contribution >= 4 is 29.1 Å². The molecule has 2 N–H and O–H groups in total. The molecule has 1 aromatic heterocycles. The molecule has 108 valence electrons. The minimum atomic E-state index is -0.488. The zero-order valence-corrected chi connectivity index (χ0v) is 12.3. The fourth-order valence-corrected chi connectivity index (χ4v) is 3.00. The molecule has 3 amide bonds. The van der Waals surface area contributed by atoms with Gasteiger partial charge in [0.1, 0.15) is 6.04 Å². The summed E-state index contributed by atoms with van der Waals surface area (Å²) in [4.78, 5) is 38.3. The van der Waals surface area contributed by atoms with Gasteiger partial charge in [0.2, 0.25) is 5.91 Å². The van der Waals surface area contributed by atoms with Crippen LogP contribution in [0, 0.1) is 6.92 Å². The van der Waals surface area contributed by atoms with E-state index >= 15 is 0 Å². The van der Waals surface area contributed by atoms with E-state index in [1.54, 1.807) is 6.07 Å². The number of amides is 3. The van der Waals surface area contributed by atoms with Crippen molar-refractivity contribution in [3.8, 4) is 0 Å². The molecule has 2 heterocycles. The summed E-state index contributed by atoms with van der Waals surface area (Å²) >= 11 is 1.36. The van der Waals surface area contributed by atoms with Gasteiger partial charge in [0.25, 0.3) is 11.8 Å². The number of carbonyl (C=O) groups excluding carboxylic acids is 3. The zero-order chi connectivity index (χ0) is 14.7. The second-order valence-electron chi connectivity index (χ2n) is 4.72. The molecule has 0 aliphatic carbocycles. The second kappa shape index (κ2) is 6.04. The first-order valence-electron chi connectivity index (χ1n) is 6.43. The SMILES string of the molecule is CC(=O)N1CCCC1C(=O)NNC(=O)c1ccc(C)s1. The molecule has 2 rings (SSSR count). The average Bonchev–Trinajstić information content (AvgIpc) is 3.03. The third-order valence-corrected chi connectivity index (χ3v) is 4.22. The average molecular weight is 295 g/mol. The molecule has 0 aromatic carbocycles. The maximum atomic E-state index is 12.0. The van der Waals surface area contributed by atoms with Gasteiger partial charge < -0.3 is 4.90 Å². The van der Waals surface area contributed by atoms with Gasteiger partial charge in [0.15, 0.2) is 0 Å². The van der Waals surface area contributed by atoms with Crippen molar-refractivity contribution in [1.29, 1.82) is 0 Å². The van der Waals surface area contributed by atoms with E-state index in [9.17, 15) is 14.4 Å². The van der Waals surface area contributed by atoms with Crippen molar-refractivity contribution in [3.63, 3.8) is 0 Å². The Bertz CT molecular complexity index is 541. The van der Waals surface area contributed by atoms with E-state index in [1.807, 2.05) is 13.0 Å². The van der Waals surface area contributed by atoms with E-state index in [2.05, 4.69) is 10.9 Å². The number of aryl methyl sites for hydroxylation is 1. The van der Waals surface area contributed by atoms with Crippen LogP contribution in [0.1, 0.15) is 34.3 Å². The van der Waals surface area contributed by atoms with Gasteiger partial charge in [-0.05, 0) is 31.9 Å². The van der Waals surface area contributed by atoms with E-state index in [0.29, 0.717) is 17.8 Å². The summed E-state index contributed by atoms with van der Waals surface area (Å²) in [5.74, 6) is -0.814. The summed E-state index contributed by atoms with van der Waals surface area (Å²) in [5.41, 5.74) is 4.77.